The lowest BCUT2D eigenvalue weighted by molar-refractivity contribution is 0.207. The summed E-state index contributed by atoms with van der Waals surface area (Å²) in [7, 11) is 0. The maximum absolute atomic E-state index is 13.3. The van der Waals surface area contributed by atoms with Gasteiger partial charge in [0, 0.05) is 12.1 Å². The highest BCUT2D eigenvalue weighted by Crippen LogP contribution is 2.27. The van der Waals surface area contributed by atoms with Gasteiger partial charge in [0.1, 0.15) is 11.6 Å². The Kier molecular flexibility index (Phi) is 5.00. The Balaban J connectivity index is 2.02. The number of benzene rings is 1. The van der Waals surface area contributed by atoms with E-state index in [1.807, 2.05) is 0 Å². The minimum Gasteiger partial charge on any atom is -0.490 e. The summed E-state index contributed by atoms with van der Waals surface area (Å²) >= 11 is 0. The van der Waals surface area contributed by atoms with Gasteiger partial charge < -0.3 is 10.1 Å². The second-order valence-electron chi connectivity index (χ2n) is 4.95. The lowest BCUT2D eigenvalue weighted by Crippen LogP contribution is -2.17. The zero-order valence-corrected chi connectivity index (χ0v) is 11.0. The molecule has 1 aromatic carbocycles. The normalized spacial score (nSPS) is 16.1. The van der Waals surface area contributed by atoms with Crippen molar-refractivity contribution in [2.45, 2.75) is 51.7 Å². The molecule has 1 aliphatic carbocycles. The van der Waals surface area contributed by atoms with Crippen LogP contribution in [0.25, 0.3) is 0 Å². The van der Waals surface area contributed by atoms with Crippen molar-refractivity contribution in [3.63, 3.8) is 0 Å². The maximum Gasteiger partial charge on any atom is 0.124 e. The van der Waals surface area contributed by atoms with E-state index >= 15 is 0 Å². The highest BCUT2D eigenvalue weighted by Gasteiger charge is 2.18. The van der Waals surface area contributed by atoms with Crippen LogP contribution in [-0.4, -0.2) is 12.6 Å². The van der Waals surface area contributed by atoms with E-state index in [0.29, 0.717) is 12.6 Å². The Bertz CT molecular complexity index is 375. The van der Waals surface area contributed by atoms with Crippen molar-refractivity contribution < 1.29 is 9.13 Å². The molecule has 1 fully saturated rings. The second-order valence-corrected chi connectivity index (χ2v) is 4.95. The third-order valence-corrected chi connectivity index (χ3v) is 3.36. The van der Waals surface area contributed by atoms with Gasteiger partial charge in [0.15, 0.2) is 0 Å². The summed E-state index contributed by atoms with van der Waals surface area (Å²) in [5.74, 6) is 0.647. The number of rotatable bonds is 6. The molecule has 0 amide bonds. The molecule has 0 unspecified atom stereocenters. The van der Waals surface area contributed by atoms with Crippen molar-refractivity contribution in [2.75, 3.05) is 6.54 Å². The average Bonchev–Trinajstić information content (AvgIpc) is 2.86. The van der Waals surface area contributed by atoms with Crippen LogP contribution in [-0.2, 0) is 6.54 Å². The first-order valence-corrected chi connectivity index (χ1v) is 6.95. The van der Waals surface area contributed by atoms with Crippen molar-refractivity contribution in [1.82, 2.24) is 5.32 Å². The van der Waals surface area contributed by atoms with E-state index in [2.05, 4.69) is 12.2 Å². The summed E-state index contributed by atoms with van der Waals surface area (Å²) in [5, 5.41) is 3.30. The molecule has 0 heterocycles. The van der Waals surface area contributed by atoms with E-state index in [1.54, 1.807) is 12.1 Å². The first kappa shape index (κ1) is 13.3. The Morgan fingerprint density at radius 3 is 2.83 bits per heavy atom. The van der Waals surface area contributed by atoms with E-state index < -0.39 is 0 Å². The molecule has 0 aliphatic heterocycles. The van der Waals surface area contributed by atoms with Crippen LogP contribution in [0, 0.1) is 5.82 Å². The topological polar surface area (TPSA) is 21.3 Å². The molecule has 1 aliphatic rings. The van der Waals surface area contributed by atoms with Crippen LogP contribution in [0.2, 0.25) is 0 Å². The first-order chi connectivity index (χ1) is 8.79. The second kappa shape index (κ2) is 6.74. The van der Waals surface area contributed by atoms with Crippen molar-refractivity contribution in [3.8, 4) is 5.75 Å². The van der Waals surface area contributed by atoms with E-state index in [4.69, 9.17) is 4.74 Å². The van der Waals surface area contributed by atoms with Crippen LogP contribution in [0.4, 0.5) is 4.39 Å². The quantitative estimate of drug-likeness (QED) is 0.779. The summed E-state index contributed by atoms with van der Waals surface area (Å²) < 4.78 is 19.3. The van der Waals surface area contributed by atoms with Crippen molar-refractivity contribution in [1.29, 1.82) is 0 Å². The molecular weight excluding hydrogens is 229 g/mol. The van der Waals surface area contributed by atoms with Gasteiger partial charge in [0.2, 0.25) is 0 Å². The predicted octanol–water partition coefficient (Wildman–Crippen LogP) is 3.65. The van der Waals surface area contributed by atoms with Crippen LogP contribution in [0.15, 0.2) is 18.2 Å². The van der Waals surface area contributed by atoms with Gasteiger partial charge in [-0.1, -0.05) is 6.92 Å². The number of nitrogens with one attached hydrogen (secondary N) is 1. The predicted molar refractivity (Wildman–Crippen MR) is 71.3 cm³/mol. The van der Waals surface area contributed by atoms with Gasteiger partial charge in [-0.25, -0.2) is 4.39 Å². The Labute approximate surface area is 109 Å². The number of halogens is 1. The molecule has 1 N–H and O–H groups in total. The van der Waals surface area contributed by atoms with Crippen molar-refractivity contribution in [2.24, 2.45) is 0 Å². The molecule has 0 atom stereocenters. The Morgan fingerprint density at radius 2 is 2.11 bits per heavy atom. The van der Waals surface area contributed by atoms with Gasteiger partial charge in [-0.2, -0.15) is 0 Å². The van der Waals surface area contributed by atoms with Crippen molar-refractivity contribution >= 4 is 0 Å². The van der Waals surface area contributed by atoms with E-state index in [9.17, 15) is 4.39 Å². The molecule has 18 heavy (non-hydrogen) atoms. The minimum absolute atomic E-state index is 0.193. The number of hydrogen-bond donors (Lipinski definition) is 1. The van der Waals surface area contributed by atoms with Gasteiger partial charge in [0.05, 0.1) is 6.10 Å². The summed E-state index contributed by atoms with van der Waals surface area (Å²) in [6.45, 7) is 3.74. The summed E-state index contributed by atoms with van der Waals surface area (Å²) in [4.78, 5) is 0. The van der Waals surface area contributed by atoms with Crippen molar-refractivity contribution in [3.05, 3.63) is 29.6 Å². The largest absolute Gasteiger partial charge is 0.490 e. The van der Waals surface area contributed by atoms with E-state index in [-0.39, 0.29) is 5.82 Å². The van der Waals surface area contributed by atoms with Crippen LogP contribution >= 0.6 is 0 Å². The van der Waals surface area contributed by atoms with Gasteiger partial charge in [-0.05, 0) is 56.8 Å². The summed E-state index contributed by atoms with van der Waals surface area (Å²) in [6.07, 6.45) is 6.14. The third-order valence-electron chi connectivity index (χ3n) is 3.36. The maximum atomic E-state index is 13.3. The number of hydrogen-bond acceptors (Lipinski definition) is 2. The van der Waals surface area contributed by atoms with Crippen LogP contribution < -0.4 is 10.1 Å². The molecule has 0 aromatic heterocycles. The molecule has 0 radical (unpaired) electrons. The van der Waals surface area contributed by atoms with Gasteiger partial charge in [-0.15, -0.1) is 0 Å². The van der Waals surface area contributed by atoms with E-state index in [1.165, 1.54) is 18.9 Å². The van der Waals surface area contributed by atoms with Crippen LogP contribution in [0.3, 0.4) is 0 Å². The van der Waals surface area contributed by atoms with Crippen LogP contribution in [0.1, 0.15) is 44.6 Å². The van der Waals surface area contributed by atoms with Gasteiger partial charge in [0.25, 0.3) is 0 Å². The van der Waals surface area contributed by atoms with E-state index in [0.717, 1.165) is 37.1 Å². The summed E-state index contributed by atoms with van der Waals surface area (Å²) in [5.41, 5.74) is 0.926. The van der Waals surface area contributed by atoms with Gasteiger partial charge >= 0.3 is 0 Å². The number of ether oxygens (including phenoxy) is 1. The Hall–Kier alpha value is -1.09. The smallest absolute Gasteiger partial charge is 0.124 e. The highest BCUT2D eigenvalue weighted by atomic mass is 19.1. The lowest BCUT2D eigenvalue weighted by Gasteiger charge is -2.17. The molecule has 1 saturated carbocycles. The van der Waals surface area contributed by atoms with Gasteiger partial charge in [-0.3, -0.25) is 0 Å². The Morgan fingerprint density at radius 1 is 1.33 bits per heavy atom. The standard InChI is InChI=1S/C15H22FNO/c1-2-9-17-11-12-10-13(16)7-8-15(12)18-14-5-3-4-6-14/h7-8,10,14,17H,2-6,9,11H2,1H3. The molecule has 0 saturated heterocycles. The molecule has 0 spiro atoms. The third kappa shape index (κ3) is 3.70. The molecule has 2 rings (SSSR count). The fraction of sp³-hybridized carbons (Fsp3) is 0.600. The minimum atomic E-state index is -0.193. The molecule has 0 bridgehead atoms. The molecule has 100 valence electrons. The fourth-order valence-corrected chi connectivity index (χ4v) is 2.39. The molecule has 2 nitrogen and oxygen atoms in total. The SMILES string of the molecule is CCCNCc1cc(F)ccc1OC1CCCC1. The highest BCUT2D eigenvalue weighted by molar-refractivity contribution is 5.34. The summed E-state index contributed by atoms with van der Waals surface area (Å²) in [6, 6.07) is 4.82. The lowest BCUT2D eigenvalue weighted by atomic mass is 10.2. The fourth-order valence-electron chi connectivity index (χ4n) is 2.39. The zero-order chi connectivity index (χ0) is 12.8. The first-order valence-electron chi connectivity index (χ1n) is 6.95. The molecule has 3 heteroatoms. The zero-order valence-electron chi connectivity index (χ0n) is 11.0. The molecule has 1 aromatic rings. The molecular formula is C15H22FNO. The van der Waals surface area contributed by atoms with Crippen LogP contribution in [0.5, 0.6) is 5.75 Å². The average molecular weight is 251 g/mol. The monoisotopic (exact) mass is 251 g/mol.